The Balaban J connectivity index is 0.000000270. The zero-order valence-corrected chi connectivity index (χ0v) is 10.5. The van der Waals surface area contributed by atoms with Crippen LogP contribution < -0.4 is 5.32 Å². The highest BCUT2D eigenvalue weighted by Crippen LogP contribution is 2.25. The molecule has 0 radical (unpaired) electrons. The van der Waals surface area contributed by atoms with Crippen molar-refractivity contribution in [1.29, 1.82) is 0 Å². The number of carboxylic acids is 1. The highest BCUT2D eigenvalue weighted by Gasteiger charge is 2.46. The monoisotopic (exact) mass is 322 g/mol. The van der Waals surface area contributed by atoms with Gasteiger partial charge in [0.1, 0.15) is 0 Å². The number of carbonyl (C=O) groups is 2. The van der Waals surface area contributed by atoms with E-state index in [1.165, 1.54) is 0 Å². The molecule has 1 amide bonds. The first-order valence-corrected chi connectivity index (χ1v) is 5.83. The van der Waals surface area contributed by atoms with Gasteiger partial charge in [0.05, 0.1) is 0 Å². The fourth-order valence-corrected chi connectivity index (χ4v) is 2.14. The Kier molecular flexibility index (Phi) is 5.07. The van der Waals surface area contributed by atoms with Crippen LogP contribution in [0, 0.1) is 0 Å². The molecule has 0 aromatic rings. The van der Waals surface area contributed by atoms with Crippen LogP contribution in [0.1, 0.15) is 12.8 Å². The molecule has 21 heavy (non-hydrogen) atoms. The number of piperazine rings is 1. The number of alkyl halides is 6. The van der Waals surface area contributed by atoms with E-state index in [9.17, 15) is 31.1 Å². The van der Waals surface area contributed by atoms with Gasteiger partial charge in [0.25, 0.3) is 0 Å². The van der Waals surface area contributed by atoms with E-state index in [2.05, 4.69) is 5.32 Å². The van der Waals surface area contributed by atoms with Crippen LogP contribution in [-0.4, -0.2) is 59.4 Å². The summed E-state index contributed by atoms with van der Waals surface area (Å²) in [6.45, 7) is 0.379. The summed E-state index contributed by atoms with van der Waals surface area (Å²) in [6, 6.07) is 0.111. The lowest BCUT2D eigenvalue weighted by atomic mass is 10.2. The lowest BCUT2D eigenvalue weighted by Gasteiger charge is -2.33. The van der Waals surface area contributed by atoms with E-state index in [1.54, 1.807) is 0 Å². The largest absolute Gasteiger partial charge is 0.490 e. The van der Waals surface area contributed by atoms with Gasteiger partial charge in [0, 0.05) is 25.2 Å². The summed E-state index contributed by atoms with van der Waals surface area (Å²) in [6.07, 6.45) is -8.07. The van der Waals surface area contributed by atoms with Crippen molar-refractivity contribution in [3.8, 4) is 0 Å². The van der Waals surface area contributed by atoms with Crippen molar-refractivity contribution in [2.75, 3.05) is 13.1 Å². The van der Waals surface area contributed by atoms with Crippen LogP contribution in [0.25, 0.3) is 0 Å². The van der Waals surface area contributed by atoms with Crippen LogP contribution in [0.15, 0.2) is 0 Å². The fraction of sp³-hybridized carbons (Fsp3) is 0.800. The Hall–Kier alpha value is -1.52. The minimum Gasteiger partial charge on any atom is -0.475 e. The maximum absolute atomic E-state index is 12.1. The Morgan fingerprint density at radius 1 is 0.952 bits per heavy atom. The van der Waals surface area contributed by atoms with Gasteiger partial charge in [-0.2, -0.15) is 26.3 Å². The molecule has 0 aromatic carbocycles. The Labute approximate surface area is 114 Å². The van der Waals surface area contributed by atoms with Crippen LogP contribution >= 0.6 is 0 Å². The first-order valence-electron chi connectivity index (χ1n) is 5.83. The number of likely N-dealkylation sites (tertiary alicyclic amines) is 1. The highest BCUT2D eigenvalue weighted by molar-refractivity contribution is 5.82. The SMILES string of the molecule is O=C(N1CC2CCC(C1)N2)C(F)(F)F.O=C(O)C(F)(F)F. The summed E-state index contributed by atoms with van der Waals surface area (Å²) in [4.78, 5) is 20.7. The van der Waals surface area contributed by atoms with Gasteiger partial charge in [-0.05, 0) is 12.8 Å². The molecule has 2 atom stereocenters. The van der Waals surface area contributed by atoms with Crippen LogP contribution in [0.4, 0.5) is 26.3 Å². The van der Waals surface area contributed by atoms with Crippen molar-refractivity contribution in [2.45, 2.75) is 37.3 Å². The van der Waals surface area contributed by atoms with Crippen LogP contribution in [0.2, 0.25) is 0 Å². The summed E-state index contributed by atoms with van der Waals surface area (Å²) >= 11 is 0. The predicted octanol–water partition coefficient (Wildman–Crippen LogP) is 1.14. The Morgan fingerprint density at radius 2 is 1.33 bits per heavy atom. The van der Waals surface area contributed by atoms with Gasteiger partial charge >= 0.3 is 24.2 Å². The molecule has 11 heteroatoms. The second-order valence-corrected chi connectivity index (χ2v) is 4.65. The number of carboxylic acid groups (broad SMARTS) is 1. The van der Waals surface area contributed by atoms with E-state index in [1.807, 2.05) is 0 Å². The van der Waals surface area contributed by atoms with Gasteiger partial charge in [-0.3, -0.25) is 4.79 Å². The van der Waals surface area contributed by atoms with Crippen molar-refractivity contribution >= 4 is 11.9 Å². The third-order valence-corrected chi connectivity index (χ3v) is 2.99. The maximum Gasteiger partial charge on any atom is 0.490 e. The van der Waals surface area contributed by atoms with E-state index >= 15 is 0 Å². The number of fused-ring (bicyclic) bond motifs is 2. The van der Waals surface area contributed by atoms with Gasteiger partial charge in [-0.1, -0.05) is 0 Å². The van der Waals surface area contributed by atoms with Crippen LogP contribution in [-0.2, 0) is 9.59 Å². The molecule has 2 aliphatic heterocycles. The molecule has 122 valence electrons. The van der Waals surface area contributed by atoms with Crippen LogP contribution in [0.3, 0.4) is 0 Å². The standard InChI is InChI=1S/C8H11F3N2O.C2HF3O2/c9-8(10,11)7(14)13-3-5-1-2-6(4-13)12-5;3-2(4,5)1(6)7/h5-6,12H,1-4H2;(H,6,7). The van der Waals surface area contributed by atoms with Crippen molar-refractivity contribution in [3.05, 3.63) is 0 Å². The van der Waals surface area contributed by atoms with Gasteiger partial charge in [0.15, 0.2) is 0 Å². The average Bonchev–Trinajstić information content (AvgIpc) is 2.65. The predicted molar refractivity (Wildman–Crippen MR) is 56.3 cm³/mol. The third-order valence-electron chi connectivity index (χ3n) is 2.99. The molecular weight excluding hydrogens is 310 g/mol. The minimum atomic E-state index is -5.08. The number of aliphatic carboxylic acids is 1. The topological polar surface area (TPSA) is 69.6 Å². The minimum absolute atomic E-state index is 0.0556. The smallest absolute Gasteiger partial charge is 0.475 e. The summed E-state index contributed by atoms with van der Waals surface area (Å²) in [5.74, 6) is -4.46. The normalized spacial score (nSPS) is 25.1. The molecule has 0 saturated carbocycles. The maximum atomic E-state index is 12.1. The van der Waals surface area contributed by atoms with Gasteiger partial charge < -0.3 is 15.3 Å². The number of nitrogens with zero attached hydrogens (tertiary/aromatic N) is 1. The molecule has 0 aromatic heterocycles. The second kappa shape index (κ2) is 6.08. The Morgan fingerprint density at radius 3 is 1.62 bits per heavy atom. The summed E-state index contributed by atoms with van der Waals surface area (Å²) < 4.78 is 68.0. The first kappa shape index (κ1) is 17.5. The number of carbonyl (C=O) groups excluding carboxylic acids is 1. The average molecular weight is 322 g/mol. The number of hydrogen-bond acceptors (Lipinski definition) is 3. The molecule has 2 bridgehead atoms. The third kappa shape index (κ3) is 5.06. The summed E-state index contributed by atoms with van der Waals surface area (Å²) in [5.41, 5.74) is 0. The molecule has 2 fully saturated rings. The molecule has 2 saturated heterocycles. The fourth-order valence-electron chi connectivity index (χ4n) is 2.14. The van der Waals surface area contributed by atoms with E-state index < -0.39 is 24.2 Å². The van der Waals surface area contributed by atoms with Crippen molar-refractivity contribution in [3.63, 3.8) is 0 Å². The molecule has 2 unspecified atom stereocenters. The molecule has 2 N–H and O–H groups in total. The van der Waals surface area contributed by atoms with Crippen molar-refractivity contribution in [2.24, 2.45) is 0 Å². The van der Waals surface area contributed by atoms with E-state index in [4.69, 9.17) is 9.90 Å². The van der Waals surface area contributed by atoms with Crippen LogP contribution in [0.5, 0.6) is 0 Å². The number of amides is 1. The lowest BCUT2D eigenvalue weighted by Crippen LogP contribution is -2.55. The van der Waals surface area contributed by atoms with Gasteiger partial charge in [-0.25, -0.2) is 4.79 Å². The summed E-state index contributed by atoms with van der Waals surface area (Å²) in [7, 11) is 0. The molecule has 2 aliphatic rings. The number of rotatable bonds is 0. The zero-order valence-electron chi connectivity index (χ0n) is 10.5. The second-order valence-electron chi connectivity index (χ2n) is 4.65. The quantitative estimate of drug-likeness (QED) is 0.656. The number of nitrogens with one attached hydrogen (secondary N) is 1. The molecule has 5 nitrogen and oxygen atoms in total. The molecule has 0 aliphatic carbocycles. The first-order chi connectivity index (χ1) is 9.41. The molecular formula is C10H12F6N2O3. The zero-order chi connectivity index (χ0) is 16.4. The van der Waals surface area contributed by atoms with E-state index in [-0.39, 0.29) is 25.2 Å². The Bertz CT molecular complexity index is 397. The summed E-state index contributed by atoms with van der Waals surface area (Å²) in [5, 5.41) is 10.3. The van der Waals surface area contributed by atoms with Gasteiger partial charge in [-0.15, -0.1) is 0 Å². The van der Waals surface area contributed by atoms with Crippen molar-refractivity contribution < 1.29 is 41.0 Å². The lowest BCUT2D eigenvalue weighted by molar-refractivity contribution is -0.192. The highest BCUT2D eigenvalue weighted by atomic mass is 19.4. The number of hydrogen-bond donors (Lipinski definition) is 2. The molecule has 2 rings (SSSR count). The molecule has 2 heterocycles. The van der Waals surface area contributed by atoms with E-state index in [0.29, 0.717) is 0 Å². The van der Waals surface area contributed by atoms with E-state index in [0.717, 1.165) is 17.7 Å². The number of halogens is 6. The van der Waals surface area contributed by atoms with Crippen molar-refractivity contribution in [1.82, 2.24) is 10.2 Å². The van der Waals surface area contributed by atoms with Gasteiger partial charge in [0.2, 0.25) is 0 Å². The molecule has 0 spiro atoms.